The Morgan fingerprint density at radius 3 is 2.63 bits per heavy atom. The van der Waals surface area contributed by atoms with Crippen LogP contribution in [0, 0.1) is 0 Å². The number of rotatable bonds is 9. The summed E-state index contributed by atoms with van der Waals surface area (Å²) in [5, 5.41) is 23.4. The number of amides is 4. The van der Waals surface area contributed by atoms with E-state index >= 15 is 0 Å². The van der Waals surface area contributed by atoms with Crippen molar-refractivity contribution < 1.29 is 24.3 Å². The molecule has 38 heavy (non-hydrogen) atoms. The normalized spacial score (nSPS) is 19.2. The van der Waals surface area contributed by atoms with Crippen LogP contribution in [-0.4, -0.2) is 72.9 Å². The minimum Gasteiger partial charge on any atom is -0.477 e. The molecule has 2 aliphatic rings. The van der Waals surface area contributed by atoms with Crippen molar-refractivity contribution in [3.05, 3.63) is 52.2 Å². The van der Waals surface area contributed by atoms with Gasteiger partial charge in [-0.25, -0.2) is 9.59 Å². The van der Waals surface area contributed by atoms with Crippen LogP contribution in [0.5, 0.6) is 0 Å². The number of aromatic nitrogens is 2. The average Bonchev–Trinajstić information content (AvgIpc) is 3.36. The predicted octanol–water partition coefficient (Wildman–Crippen LogP) is 0.656. The highest BCUT2D eigenvalue weighted by atomic mass is 32.2. The lowest BCUT2D eigenvalue weighted by Crippen LogP contribution is -2.71. The van der Waals surface area contributed by atoms with Gasteiger partial charge in [-0.15, -0.1) is 22.0 Å². The maximum atomic E-state index is 13.2. The number of carbonyl (C=O) groups is 4. The standard InChI is InChI=1S/C22H24N8O5S3/c1-2-12-28-29-22(38-12)37-9-11-8-36-18-14(17(32)30(18)15(11)19(33)34)25-16(31)13(10-6-4-3-5-7-10)26-21(35)27-20(23)24/h3-7,13-14,18H,2,8-9H2,1H3,(H,25,31)(H,33,34)(H5,23,24,26,27,35)/t13?,14?,18-/m0/s1. The van der Waals surface area contributed by atoms with Crippen molar-refractivity contribution in [2.45, 2.75) is 35.1 Å². The van der Waals surface area contributed by atoms with Crippen LogP contribution in [-0.2, 0) is 20.8 Å². The van der Waals surface area contributed by atoms with Crippen LogP contribution >= 0.6 is 34.9 Å². The fraction of sp³-hybridized carbons (Fsp3) is 0.318. The van der Waals surface area contributed by atoms with E-state index in [-0.39, 0.29) is 5.70 Å². The molecule has 200 valence electrons. The van der Waals surface area contributed by atoms with Crippen molar-refractivity contribution in [3.8, 4) is 0 Å². The highest BCUT2D eigenvalue weighted by Gasteiger charge is 2.54. The van der Waals surface area contributed by atoms with Crippen LogP contribution in [0.2, 0.25) is 0 Å². The van der Waals surface area contributed by atoms with Crippen LogP contribution < -0.4 is 22.1 Å². The second kappa shape index (κ2) is 11.8. The van der Waals surface area contributed by atoms with E-state index in [0.29, 0.717) is 22.6 Å². The van der Waals surface area contributed by atoms with Crippen molar-refractivity contribution >= 4 is 64.6 Å². The number of carbonyl (C=O) groups excluding carboxylic acids is 3. The Morgan fingerprint density at radius 1 is 1.26 bits per heavy atom. The van der Waals surface area contributed by atoms with Crippen molar-refractivity contribution in [3.63, 3.8) is 0 Å². The minimum absolute atomic E-state index is 0.0855. The van der Waals surface area contributed by atoms with E-state index in [0.717, 1.165) is 15.8 Å². The van der Waals surface area contributed by atoms with Gasteiger partial charge in [0.1, 0.15) is 28.2 Å². The van der Waals surface area contributed by atoms with Crippen molar-refractivity contribution in [2.75, 3.05) is 11.5 Å². The van der Waals surface area contributed by atoms with Gasteiger partial charge in [-0.2, -0.15) is 4.99 Å². The molecular weight excluding hydrogens is 552 g/mol. The van der Waals surface area contributed by atoms with Gasteiger partial charge in [0.05, 0.1) is 0 Å². The lowest BCUT2D eigenvalue weighted by atomic mass is 10.0. The molecule has 0 bridgehead atoms. The Balaban J connectivity index is 1.48. The molecule has 7 N–H and O–H groups in total. The Labute approximate surface area is 229 Å². The topological polar surface area (TPSA) is 206 Å². The van der Waals surface area contributed by atoms with E-state index in [4.69, 9.17) is 11.5 Å². The number of aliphatic carboxylic acids is 1. The van der Waals surface area contributed by atoms with Crippen LogP contribution in [0.25, 0.3) is 0 Å². The molecule has 4 rings (SSSR count). The summed E-state index contributed by atoms with van der Waals surface area (Å²) in [5.41, 5.74) is 11.4. The number of thioether (sulfide) groups is 2. The summed E-state index contributed by atoms with van der Waals surface area (Å²) in [6, 6.07) is 5.27. The number of guanidine groups is 1. The van der Waals surface area contributed by atoms with Crippen LogP contribution in [0.3, 0.4) is 0 Å². The van der Waals surface area contributed by atoms with Gasteiger partial charge in [-0.3, -0.25) is 14.5 Å². The van der Waals surface area contributed by atoms with E-state index < -0.39 is 47.2 Å². The number of hydrogen-bond acceptors (Lipinski definition) is 9. The number of hydrogen-bond donors (Lipinski definition) is 5. The molecule has 1 fully saturated rings. The highest BCUT2D eigenvalue weighted by Crippen LogP contribution is 2.42. The van der Waals surface area contributed by atoms with Crippen molar-refractivity contribution in [1.29, 1.82) is 0 Å². The number of nitrogens with two attached hydrogens (primary N) is 2. The first-order chi connectivity index (χ1) is 18.2. The van der Waals surface area contributed by atoms with E-state index in [1.807, 2.05) is 6.92 Å². The van der Waals surface area contributed by atoms with E-state index in [1.54, 1.807) is 30.3 Å². The Morgan fingerprint density at radius 2 is 2.00 bits per heavy atom. The average molecular weight is 577 g/mol. The first kappa shape index (κ1) is 27.4. The lowest BCUT2D eigenvalue weighted by molar-refractivity contribution is -0.150. The molecule has 4 amide bonds. The lowest BCUT2D eigenvalue weighted by Gasteiger charge is -2.49. The molecule has 13 nitrogen and oxygen atoms in total. The minimum atomic E-state index is -1.22. The smallest absolute Gasteiger partial charge is 0.352 e. The number of fused-ring (bicyclic) bond motifs is 1. The number of carboxylic acid groups (broad SMARTS) is 1. The van der Waals surface area contributed by atoms with E-state index in [9.17, 15) is 24.3 Å². The molecule has 1 aromatic heterocycles. The second-order valence-corrected chi connectivity index (χ2v) is 11.5. The molecule has 1 saturated heterocycles. The number of aryl methyl sites for hydroxylation is 1. The fourth-order valence-electron chi connectivity index (χ4n) is 3.84. The second-order valence-electron chi connectivity index (χ2n) is 8.09. The molecule has 1 aromatic carbocycles. The quantitative estimate of drug-likeness (QED) is 0.121. The third-order valence-electron chi connectivity index (χ3n) is 5.56. The van der Waals surface area contributed by atoms with Gasteiger partial charge in [0.25, 0.3) is 5.91 Å². The molecular formula is C22H24N8O5S3. The van der Waals surface area contributed by atoms with Gasteiger partial charge in [-0.05, 0) is 17.6 Å². The number of aliphatic imine (C=N–C) groups is 1. The summed E-state index contributed by atoms with van der Waals surface area (Å²) in [7, 11) is 0. The summed E-state index contributed by atoms with van der Waals surface area (Å²) >= 11 is 4.17. The summed E-state index contributed by atoms with van der Waals surface area (Å²) in [6.07, 6.45) is 0.761. The highest BCUT2D eigenvalue weighted by molar-refractivity contribution is 8.01. The van der Waals surface area contributed by atoms with Gasteiger partial charge in [0.2, 0.25) is 5.91 Å². The summed E-state index contributed by atoms with van der Waals surface area (Å²) in [6.45, 7) is 1.97. The summed E-state index contributed by atoms with van der Waals surface area (Å²) in [5.74, 6) is -2.22. The fourth-order valence-corrected chi connectivity index (χ4v) is 7.16. The summed E-state index contributed by atoms with van der Waals surface area (Å²) < 4.78 is 0.723. The molecule has 0 radical (unpaired) electrons. The largest absolute Gasteiger partial charge is 0.477 e. The number of carboxylic acids is 1. The third kappa shape index (κ3) is 5.92. The first-order valence-electron chi connectivity index (χ1n) is 11.3. The molecule has 3 heterocycles. The van der Waals surface area contributed by atoms with Crippen LogP contribution in [0.15, 0.2) is 50.9 Å². The number of benzene rings is 1. The maximum Gasteiger partial charge on any atom is 0.352 e. The number of urea groups is 1. The molecule has 0 spiro atoms. The molecule has 0 aliphatic carbocycles. The van der Waals surface area contributed by atoms with Gasteiger partial charge < -0.3 is 27.2 Å². The zero-order valence-electron chi connectivity index (χ0n) is 20.0. The summed E-state index contributed by atoms with van der Waals surface area (Å²) in [4.78, 5) is 55.1. The number of nitrogens with zero attached hydrogens (tertiary/aromatic N) is 4. The van der Waals surface area contributed by atoms with E-state index in [2.05, 4.69) is 25.8 Å². The first-order valence-corrected chi connectivity index (χ1v) is 14.1. The van der Waals surface area contributed by atoms with Gasteiger partial charge in [0.15, 0.2) is 10.3 Å². The third-order valence-corrected chi connectivity index (χ3v) is 9.19. The van der Waals surface area contributed by atoms with Crippen molar-refractivity contribution in [1.82, 2.24) is 25.7 Å². The Hall–Kier alpha value is -3.63. The monoisotopic (exact) mass is 576 g/mol. The molecule has 16 heteroatoms. The Bertz CT molecular complexity index is 1310. The van der Waals surface area contributed by atoms with Crippen molar-refractivity contribution in [2.24, 2.45) is 16.5 Å². The molecule has 2 aromatic rings. The maximum absolute atomic E-state index is 13.2. The van der Waals surface area contributed by atoms with Gasteiger partial charge >= 0.3 is 12.0 Å². The SMILES string of the molecule is CCc1nnc(SCC2=C(C(=O)O)N3C(=O)C(NC(=O)C(NC(=O)N=C(N)N)c4ccccc4)[C@@H]3SC2)s1. The molecule has 0 saturated carbocycles. The number of β-lactam (4-membered cyclic amide) rings is 1. The molecule has 2 aliphatic heterocycles. The van der Waals surface area contributed by atoms with Gasteiger partial charge in [-0.1, -0.05) is 60.4 Å². The molecule has 2 unspecified atom stereocenters. The predicted molar refractivity (Wildman–Crippen MR) is 143 cm³/mol. The number of nitrogens with one attached hydrogen (secondary N) is 2. The van der Waals surface area contributed by atoms with Crippen LogP contribution in [0.4, 0.5) is 4.79 Å². The molecule has 3 atom stereocenters. The zero-order chi connectivity index (χ0) is 27.4. The van der Waals surface area contributed by atoms with Crippen LogP contribution in [0.1, 0.15) is 23.5 Å². The Kier molecular flexibility index (Phi) is 8.53. The van der Waals surface area contributed by atoms with E-state index in [1.165, 1.54) is 39.8 Å². The zero-order valence-corrected chi connectivity index (χ0v) is 22.4. The van der Waals surface area contributed by atoms with Gasteiger partial charge in [0, 0.05) is 11.5 Å².